The normalized spacial score (nSPS) is 19.0. The third-order valence-corrected chi connectivity index (χ3v) is 3.05. The minimum absolute atomic E-state index is 0.324. The lowest BCUT2D eigenvalue weighted by atomic mass is 9.94. The van der Waals surface area contributed by atoms with Crippen LogP contribution in [0.3, 0.4) is 0 Å². The van der Waals surface area contributed by atoms with Gasteiger partial charge in [0.15, 0.2) is 0 Å². The summed E-state index contributed by atoms with van der Waals surface area (Å²) in [5.41, 5.74) is -0.212. The number of hydrogen-bond acceptors (Lipinski definition) is 4. The van der Waals surface area contributed by atoms with Gasteiger partial charge in [0.1, 0.15) is 17.3 Å². The Balaban J connectivity index is 1.96. The fourth-order valence-electron chi connectivity index (χ4n) is 2.11. The molecule has 94 valence electrons. The van der Waals surface area contributed by atoms with Crippen molar-refractivity contribution >= 4 is 5.82 Å². The molecule has 0 aliphatic carbocycles. The summed E-state index contributed by atoms with van der Waals surface area (Å²) >= 11 is 0. The molecule has 17 heavy (non-hydrogen) atoms. The Hall–Kier alpha value is -1.23. The van der Waals surface area contributed by atoms with Gasteiger partial charge in [-0.05, 0) is 39.8 Å². The van der Waals surface area contributed by atoms with E-state index in [1.807, 2.05) is 19.9 Å². The van der Waals surface area contributed by atoms with Gasteiger partial charge in [-0.1, -0.05) is 0 Å². The highest BCUT2D eigenvalue weighted by atomic mass is 19.1. The van der Waals surface area contributed by atoms with Crippen molar-refractivity contribution in [3.05, 3.63) is 17.6 Å². The van der Waals surface area contributed by atoms with Gasteiger partial charge in [0.2, 0.25) is 0 Å². The van der Waals surface area contributed by atoms with E-state index in [1.165, 1.54) is 0 Å². The van der Waals surface area contributed by atoms with E-state index in [9.17, 15) is 4.39 Å². The van der Waals surface area contributed by atoms with Crippen molar-refractivity contribution < 1.29 is 4.39 Å². The van der Waals surface area contributed by atoms with E-state index in [1.54, 1.807) is 0 Å². The molecule has 1 fully saturated rings. The highest BCUT2D eigenvalue weighted by Gasteiger charge is 2.31. The number of piperidine rings is 1. The van der Waals surface area contributed by atoms with Crippen molar-refractivity contribution in [3.8, 4) is 0 Å². The van der Waals surface area contributed by atoms with Crippen molar-refractivity contribution in [3.63, 3.8) is 0 Å². The monoisotopic (exact) mass is 238 g/mol. The predicted octanol–water partition coefficient (Wildman–Crippen LogP) is 1.60. The maximum absolute atomic E-state index is 14.3. The summed E-state index contributed by atoms with van der Waals surface area (Å²) in [6.07, 6.45) is 1.12. The maximum Gasteiger partial charge on any atom is 0.130 e. The second kappa shape index (κ2) is 4.96. The van der Waals surface area contributed by atoms with Crippen LogP contribution in [0.25, 0.3) is 0 Å². The molecule has 0 spiro atoms. The Bertz CT molecular complexity index is 368. The predicted molar refractivity (Wildman–Crippen MR) is 65.9 cm³/mol. The van der Waals surface area contributed by atoms with Crippen LogP contribution in [-0.4, -0.2) is 35.3 Å². The van der Waals surface area contributed by atoms with Crippen LogP contribution in [0, 0.1) is 13.8 Å². The molecule has 0 amide bonds. The van der Waals surface area contributed by atoms with Gasteiger partial charge in [0.05, 0.1) is 6.54 Å². The number of aryl methyl sites for hydroxylation is 2. The van der Waals surface area contributed by atoms with Gasteiger partial charge in [0, 0.05) is 11.8 Å². The molecule has 5 heteroatoms. The van der Waals surface area contributed by atoms with E-state index < -0.39 is 5.67 Å². The SMILES string of the molecule is Cc1cc(NCC2(F)CCNCC2)nc(C)n1. The van der Waals surface area contributed by atoms with Crippen LogP contribution in [0.4, 0.5) is 10.2 Å². The van der Waals surface area contributed by atoms with Gasteiger partial charge in [-0.15, -0.1) is 0 Å². The van der Waals surface area contributed by atoms with Crippen LogP contribution in [0.1, 0.15) is 24.4 Å². The molecule has 0 bridgehead atoms. The van der Waals surface area contributed by atoms with Gasteiger partial charge in [-0.25, -0.2) is 14.4 Å². The van der Waals surface area contributed by atoms with Crippen LogP contribution in [0.15, 0.2) is 6.07 Å². The van der Waals surface area contributed by atoms with Crippen molar-refractivity contribution in [2.24, 2.45) is 0 Å². The summed E-state index contributed by atoms with van der Waals surface area (Å²) in [6, 6.07) is 1.84. The zero-order valence-corrected chi connectivity index (χ0v) is 10.4. The van der Waals surface area contributed by atoms with E-state index in [4.69, 9.17) is 0 Å². The Kier molecular flexibility index (Phi) is 3.57. The highest BCUT2D eigenvalue weighted by molar-refractivity contribution is 5.36. The molecule has 0 saturated carbocycles. The van der Waals surface area contributed by atoms with Gasteiger partial charge in [-0.3, -0.25) is 0 Å². The molecular weight excluding hydrogens is 219 g/mol. The van der Waals surface area contributed by atoms with Crippen LogP contribution < -0.4 is 10.6 Å². The molecule has 0 atom stereocenters. The van der Waals surface area contributed by atoms with E-state index in [2.05, 4.69) is 20.6 Å². The highest BCUT2D eigenvalue weighted by Crippen LogP contribution is 2.23. The molecule has 2 rings (SSSR count). The molecular formula is C12H19FN4. The summed E-state index contributed by atoms with van der Waals surface area (Å²) in [6.45, 7) is 5.58. The summed E-state index contributed by atoms with van der Waals surface area (Å²) in [5.74, 6) is 1.43. The lowest BCUT2D eigenvalue weighted by Gasteiger charge is -2.30. The fourth-order valence-corrected chi connectivity index (χ4v) is 2.11. The van der Waals surface area contributed by atoms with Gasteiger partial charge in [0.25, 0.3) is 0 Å². The molecule has 0 unspecified atom stereocenters. The summed E-state index contributed by atoms with van der Waals surface area (Å²) < 4.78 is 14.3. The topological polar surface area (TPSA) is 49.8 Å². The molecule has 2 N–H and O–H groups in total. The number of hydrogen-bond donors (Lipinski definition) is 2. The fraction of sp³-hybridized carbons (Fsp3) is 0.667. The lowest BCUT2D eigenvalue weighted by Crippen LogP contribution is -2.43. The Morgan fingerprint density at radius 2 is 2.06 bits per heavy atom. The molecule has 1 aromatic rings. The van der Waals surface area contributed by atoms with Gasteiger partial charge < -0.3 is 10.6 Å². The summed E-state index contributed by atoms with van der Waals surface area (Å²) in [4.78, 5) is 8.44. The largest absolute Gasteiger partial charge is 0.367 e. The third kappa shape index (κ3) is 3.36. The van der Waals surface area contributed by atoms with Crippen molar-refractivity contribution in [2.45, 2.75) is 32.4 Å². The van der Waals surface area contributed by atoms with Crippen molar-refractivity contribution in [1.82, 2.24) is 15.3 Å². The number of aromatic nitrogens is 2. The first-order chi connectivity index (χ1) is 8.07. The van der Waals surface area contributed by atoms with E-state index in [0.717, 1.165) is 18.8 Å². The molecule has 1 aromatic heterocycles. The Labute approximate surface area is 101 Å². The molecule has 4 nitrogen and oxygen atoms in total. The van der Waals surface area contributed by atoms with Crippen molar-refractivity contribution in [2.75, 3.05) is 25.0 Å². The number of halogens is 1. The number of nitrogens with one attached hydrogen (secondary N) is 2. The number of nitrogens with zero attached hydrogens (tertiary/aromatic N) is 2. The molecule has 0 aromatic carbocycles. The Morgan fingerprint density at radius 1 is 1.35 bits per heavy atom. The number of alkyl halides is 1. The number of anilines is 1. The minimum atomic E-state index is -1.11. The van der Waals surface area contributed by atoms with Gasteiger partial charge in [-0.2, -0.15) is 0 Å². The quantitative estimate of drug-likeness (QED) is 0.839. The minimum Gasteiger partial charge on any atom is -0.367 e. The summed E-state index contributed by atoms with van der Waals surface area (Å²) in [7, 11) is 0. The maximum atomic E-state index is 14.3. The first-order valence-electron chi connectivity index (χ1n) is 6.03. The van der Waals surface area contributed by atoms with E-state index in [0.29, 0.717) is 31.0 Å². The van der Waals surface area contributed by atoms with Crippen LogP contribution in [-0.2, 0) is 0 Å². The molecule has 1 aliphatic heterocycles. The summed E-state index contributed by atoms with van der Waals surface area (Å²) in [5, 5.41) is 6.25. The van der Waals surface area contributed by atoms with Crippen LogP contribution in [0.2, 0.25) is 0 Å². The zero-order chi connectivity index (χ0) is 12.3. The first kappa shape index (κ1) is 12.2. The van der Waals surface area contributed by atoms with Crippen LogP contribution >= 0.6 is 0 Å². The number of rotatable bonds is 3. The van der Waals surface area contributed by atoms with Crippen molar-refractivity contribution in [1.29, 1.82) is 0 Å². The Morgan fingerprint density at radius 3 is 2.71 bits per heavy atom. The van der Waals surface area contributed by atoms with Crippen LogP contribution in [0.5, 0.6) is 0 Å². The second-order valence-corrected chi connectivity index (χ2v) is 4.70. The van der Waals surface area contributed by atoms with E-state index >= 15 is 0 Å². The molecule has 1 aliphatic rings. The smallest absolute Gasteiger partial charge is 0.130 e. The second-order valence-electron chi connectivity index (χ2n) is 4.70. The van der Waals surface area contributed by atoms with E-state index in [-0.39, 0.29) is 0 Å². The molecule has 1 saturated heterocycles. The third-order valence-electron chi connectivity index (χ3n) is 3.05. The lowest BCUT2D eigenvalue weighted by molar-refractivity contribution is 0.131. The zero-order valence-electron chi connectivity index (χ0n) is 10.4. The molecule has 0 radical (unpaired) electrons. The molecule has 2 heterocycles. The average Bonchev–Trinajstić information content (AvgIpc) is 2.26. The first-order valence-corrected chi connectivity index (χ1v) is 6.03. The average molecular weight is 238 g/mol. The van der Waals surface area contributed by atoms with Gasteiger partial charge >= 0.3 is 0 Å². The standard InChI is InChI=1S/C12H19FN4/c1-9-7-11(17-10(2)16-9)15-8-12(13)3-5-14-6-4-12/h7,14H,3-6,8H2,1-2H3,(H,15,16,17).